The number of benzene rings is 2. The number of thioether (sulfide) groups is 1. The molecular weight excluding hydrogens is 360 g/mol. The van der Waals surface area contributed by atoms with Gasteiger partial charge in [-0.05, 0) is 43.7 Å². The molecule has 0 aliphatic heterocycles. The van der Waals surface area contributed by atoms with Crippen LogP contribution >= 0.6 is 11.8 Å². The highest BCUT2D eigenvalue weighted by atomic mass is 32.2. The Labute approximate surface area is 165 Å². The number of hydrogen-bond donors (Lipinski definition) is 1. The van der Waals surface area contributed by atoms with E-state index in [1.54, 1.807) is 26.0 Å². The van der Waals surface area contributed by atoms with E-state index in [9.17, 15) is 9.59 Å². The molecule has 0 radical (unpaired) electrons. The van der Waals surface area contributed by atoms with Crippen molar-refractivity contribution in [1.29, 1.82) is 0 Å². The summed E-state index contributed by atoms with van der Waals surface area (Å²) >= 11 is 1.47. The maximum Gasteiger partial charge on any atom is 0.242 e. The van der Waals surface area contributed by atoms with Crippen LogP contribution in [0.4, 0.5) is 0 Å². The molecule has 27 heavy (non-hydrogen) atoms. The van der Waals surface area contributed by atoms with Gasteiger partial charge in [0.25, 0.3) is 0 Å². The zero-order valence-corrected chi connectivity index (χ0v) is 17.0. The van der Waals surface area contributed by atoms with Crippen molar-refractivity contribution in [1.82, 2.24) is 10.2 Å². The van der Waals surface area contributed by atoms with Crippen molar-refractivity contribution in [2.75, 3.05) is 19.9 Å². The lowest BCUT2D eigenvalue weighted by atomic mass is 10.1. The van der Waals surface area contributed by atoms with Crippen LogP contribution in [0.25, 0.3) is 0 Å². The summed E-state index contributed by atoms with van der Waals surface area (Å²) in [5, 5.41) is 2.62. The van der Waals surface area contributed by atoms with Crippen molar-refractivity contribution >= 4 is 23.6 Å². The number of amides is 2. The highest BCUT2D eigenvalue weighted by molar-refractivity contribution is 8.00. The van der Waals surface area contributed by atoms with Gasteiger partial charge >= 0.3 is 0 Å². The fraction of sp³-hybridized carbons (Fsp3) is 0.333. The molecule has 6 heteroatoms. The molecule has 1 atom stereocenters. The number of aryl methyl sites for hydroxylation is 1. The minimum Gasteiger partial charge on any atom is -0.497 e. The van der Waals surface area contributed by atoms with Gasteiger partial charge in [0.1, 0.15) is 11.8 Å². The lowest BCUT2D eigenvalue weighted by Crippen LogP contribution is -2.47. The lowest BCUT2D eigenvalue weighted by molar-refractivity contribution is -0.138. The summed E-state index contributed by atoms with van der Waals surface area (Å²) < 4.78 is 5.25. The van der Waals surface area contributed by atoms with Crippen LogP contribution < -0.4 is 10.1 Å². The van der Waals surface area contributed by atoms with Gasteiger partial charge in [-0.3, -0.25) is 9.59 Å². The lowest BCUT2D eigenvalue weighted by Gasteiger charge is -2.28. The number of nitrogens with zero attached hydrogens (tertiary/aromatic N) is 1. The van der Waals surface area contributed by atoms with Gasteiger partial charge in [0, 0.05) is 18.5 Å². The van der Waals surface area contributed by atoms with E-state index in [-0.39, 0.29) is 17.6 Å². The first-order chi connectivity index (χ1) is 12.9. The summed E-state index contributed by atoms with van der Waals surface area (Å²) in [7, 11) is 3.18. The Morgan fingerprint density at radius 2 is 1.89 bits per heavy atom. The summed E-state index contributed by atoms with van der Waals surface area (Å²) in [6, 6.07) is 15.0. The zero-order chi connectivity index (χ0) is 19.8. The number of rotatable bonds is 8. The predicted molar refractivity (Wildman–Crippen MR) is 109 cm³/mol. The van der Waals surface area contributed by atoms with Gasteiger partial charge < -0.3 is 15.0 Å². The number of hydrogen-bond acceptors (Lipinski definition) is 4. The van der Waals surface area contributed by atoms with Gasteiger partial charge in [-0.1, -0.05) is 29.8 Å². The average Bonchev–Trinajstić information content (AvgIpc) is 2.70. The number of nitrogens with one attached hydrogen (secondary N) is 1. The first-order valence-electron chi connectivity index (χ1n) is 8.78. The molecule has 0 bridgehead atoms. The van der Waals surface area contributed by atoms with Gasteiger partial charge in [-0.2, -0.15) is 0 Å². The van der Waals surface area contributed by atoms with Gasteiger partial charge in [0.2, 0.25) is 11.8 Å². The SMILES string of the molecule is CNC(=O)[C@@H](C)N(Cc1cccc(OC)c1)C(=O)CSc1ccc(C)cc1. The second-order valence-corrected chi connectivity index (χ2v) is 7.31. The molecule has 2 rings (SSSR count). The van der Waals surface area contributed by atoms with Crippen LogP contribution in [0.3, 0.4) is 0 Å². The molecular formula is C21H26N2O3S. The van der Waals surface area contributed by atoms with E-state index in [0.717, 1.165) is 16.2 Å². The fourth-order valence-corrected chi connectivity index (χ4v) is 3.41. The minimum absolute atomic E-state index is 0.0838. The van der Waals surface area contributed by atoms with E-state index in [1.165, 1.54) is 17.3 Å². The van der Waals surface area contributed by atoms with Crippen molar-refractivity contribution in [3.05, 3.63) is 59.7 Å². The Balaban J connectivity index is 2.13. The van der Waals surface area contributed by atoms with E-state index in [1.807, 2.05) is 55.5 Å². The molecule has 2 amide bonds. The summed E-state index contributed by atoms with van der Waals surface area (Å²) in [6.45, 7) is 4.12. The molecule has 0 fully saturated rings. The van der Waals surface area contributed by atoms with Crippen LogP contribution in [0.5, 0.6) is 5.75 Å². The van der Waals surface area contributed by atoms with Crippen molar-refractivity contribution < 1.29 is 14.3 Å². The molecule has 0 saturated heterocycles. The molecule has 144 valence electrons. The quantitative estimate of drug-likeness (QED) is 0.708. The summed E-state index contributed by atoms with van der Waals surface area (Å²) in [4.78, 5) is 27.7. The second kappa shape index (κ2) is 10.0. The molecule has 0 aliphatic rings. The molecule has 0 heterocycles. The number of carbonyl (C=O) groups is 2. The maximum absolute atomic E-state index is 12.9. The predicted octanol–water partition coefficient (Wildman–Crippen LogP) is 3.26. The summed E-state index contributed by atoms with van der Waals surface area (Å²) in [6.07, 6.45) is 0. The number of likely N-dealkylation sites (N-methyl/N-ethyl adjacent to an activating group) is 1. The Kier molecular flexibility index (Phi) is 7.73. The van der Waals surface area contributed by atoms with Crippen molar-refractivity contribution in [2.45, 2.75) is 31.3 Å². The molecule has 2 aromatic carbocycles. The van der Waals surface area contributed by atoms with E-state index < -0.39 is 6.04 Å². The minimum atomic E-state index is -0.563. The molecule has 0 aliphatic carbocycles. The van der Waals surface area contributed by atoms with Crippen LogP contribution in [0.2, 0.25) is 0 Å². The zero-order valence-electron chi connectivity index (χ0n) is 16.2. The Morgan fingerprint density at radius 1 is 1.19 bits per heavy atom. The highest BCUT2D eigenvalue weighted by Crippen LogP contribution is 2.21. The van der Waals surface area contributed by atoms with Gasteiger partial charge in [0.15, 0.2) is 0 Å². The van der Waals surface area contributed by atoms with Crippen LogP contribution in [-0.4, -0.2) is 42.7 Å². The third-order valence-corrected chi connectivity index (χ3v) is 5.28. The van der Waals surface area contributed by atoms with E-state index >= 15 is 0 Å². The monoisotopic (exact) mass is 386 g/mol. The fourth-order valence-electron chi connectivity index (χ4n) is 2.62. The number of carbonyl (C=O) groups excluding carboxylic acids is 2. The van der Waals surface area contributed by atoms with E-state index in [2.05, 4.69) is 5.32 Å². The van der Waals surface area contributed by atoms with E-state index in [4.69, 9.17) is 4.74 Å². The molecule has 0 spiro atoms. The van der Waals surface area contributed by atoms with E-state index in [0.29, 0.717) is 6.54 Å². The molecule has 5 nitrogen and oxygen atoms in total. The third kappa shape index (κ3) is 6.03. The maximum atomic E-state index is 12.9. The average molecular weight is 387 g/mol. The van der Waals surface area contributed by atoms with Crippen LogP contribution in [0.15, 0.2) is 53.4 Å². The Bertz CT molecular complexity index is 777. The second-order valence-electron chi connectivity index (χ2n) is 6.27. The van der Waals surface area contributed by atoms with Gasteiger partial charge in [-0.15, -0.1) is 11.8 Å². The van der Waals surface area contributed by atoms with Crippen LogP contribution in [0.1, 0.15) is 18.1 Å². The first kappa shape index (κ1) is 20.8. The topological polar surface area (TPSA) is 58.6 Å². The smallest absolute Gasteiger partial charge is 0.242 e. The van der Waals surface area contributed by atoms with Crippen molar-refractivity contribution in [3.63, 3.8) is 0 Å². The van der Waals surface area contributed by atoms with Crippen molar-refractivity contribution in [2.24, 2.45) is 0 Å². The highest BCUT2D eigenvalue weighted by Gasteiger charge is 2.25. The summed E-state index contributed by atoms with van der Waals surface area (Å²) in [5.41, 5.74) is 2.09. The number of ether oxygens (including phenoxy) is 1. The normalized spacial score (nSPS) is 11.6. The first-order valence-corrected chi connectivity index (χ1v) is 9.76. The Hall–Kier alpha value is -2.47. The van der Waals surface area contributed by atoms with Gasteiger partial charge in [-0.25, -0.2) is 0 Å². The molecule has 0 aromatic heterocycles. The third-order valence-electron chi connectivity index (χ3n) is 4.28. The molecule has 1 N–H and O–H groups in total. The van der Waals surface area contributed by atoms with Crippen LogP contribution in [-0.2, 0) is 16.1 Å². The van der Waals surface area contributed by atoms with Gasteiger partial charge in [0.05, 0.1) is 12.9 Å². The Morgan fingerprint density at radius 3 is 2.52 bits per heavy atom. The van der Waals surface area contributed by atoms with Crippen molar-refractivity contribution in [3.8, 4) is 5.75 Å². The molecule has 0 saturated carbocycles. The molecule has 2 aromatic rings. The van der Waals surface area contributed by atoms with Crippen LogP contribution in [0, 0.1) is 6.92 Å². The largest absolute Gasteiger partial charge is 0.497 e. The molecule has 0 unspecified atom stereocenters. The summed E-state index contributed by atoms with van der Waals surface area (Å²) in [5.74, 6) is 0.724. The number of methoxy groups -OCH3 is 1. The standard InChI is InChI=1S/C21H26N2O3S/c1-15-8-10-19(11-9-15)27-14-20(24)23(16(2)21(25)22-3)13-17-6-5-7-18(12-17)26-4/h5-12,16H,13-14H2,1-4H3,(H,22,25)/t16-/m1/s1.